The molecule has 0 spiro atoms. The number of oxazole rings is 1. The number of hydrogen-bond donors (Lipinski definition) is 0. The van der Waals surface area contributed by atoms with Crippen LogP contribution in [-0.2, 0) is 33.3 Å². The van der Waals surface area contributed by atoms with Gasteiger partial charge in [0.05, 0.1) is 39.6 Å². The number of methoxy groups -OCH3 is 3. The van der Waals surface area contributed by atoms with Gasteiger partial charge in [-0.15, -0.1) is 10.2 Å². The molecule has 0 bridgehead atoms. The summed E-state index contributed by atoms with van der Waals surface area (Å²) in [5, 5.41) is 7.71. The van der Waals surface area contributed by atoms with Gasteiger partial charge in [0, 0.05) is 29.0 Å². The molecule has 0 saturated carbocycles. The second-order valence-electron chi connectivity index (χ2n) is 9.36. The number of aromatic nitrogens is 4. The summed E-state index contributed by atoms with van der Waals surface area (Å²) in [4.78, 5) is 15.7. The Morgan fingerprint density at radius 2 is 1.90 bits per heavy atom. The monoisotopic (exact) mass is 606 g/mol. The van der Waals surface area contributed by atoms with E-state index >= 15 is 0 Å². The zero-order valence-electron chi connectivity index (χ0n) is 22.8. The summed E-state index contributed by atoms with van der Waals surface area (Å²) >= 11 is 6.36. The molecule has 1 aliphatic heterocycles. The number of halogens is 4. The van der Waals surface area contributed by atoms with Gasteiger partial charge in [0.1, 0.15) is 18.0 Å². The fraction of sp³-hybridized carbons (Fsp3) is 0.357. The second-order valence-corrected chi connectivity index (χ2v) is 9.80. The summed E-state index contributed by atoms with van der Waals surface area (Å²) in [6.07, 6.45) is -4.37. The van der Waals surface area contributed by atoms with E-state index in [1.54, 1.807) is 18.2 Å². The van der Waals surface area contributed by atoms with E-state index in [0.717, 1.165) is 4.57 Å². The predicted octanol–water partition coefficient (Wildman–Crippen LogP) is 5.84. The summed E-state index contributed by atoms with van der Waals surface area (Å²) in [5.74, 6) is -0.211. The van der Waals surface area contributed by atoms with Crippen LogP contribution < -0.4 is 9.47 Å². The molecule has 14 heteroatoms. The molecule has 222 valence electrons. The maximum absolute atomic E-state index is 14.2. The summed E-state index contributed by atoms with van der Waals surface area (Å²) < 4.78 is 71.8. The van der Waals surface area contributed by atoms with Gasteiger partial charge in [0.25, 0.3) is 0 Å². The molecule has 0 aliphatic carbocycles. The van der Waals surface area contributed by atoms with E-state index in [2.05, 4.69) is 19.9 Å². The molecule has 0 saturated heterocycles. The Bertz CT molecular complexity index is 1590. The van der Waals surface area contributed by atoms with Crippen molar-refractivity contribution in [2.24, 2.45) is 0 Å². The number of carbonyl (C=O) groups excluding carboxylic acids is 1. The molecule has 1 aliphatic rings. The van der Waals surface area contributed by atoms with Crippen molar-refractivity contribution in [2.75, 3.05) is 21.3 Å². The highest BCUT2D eigenvalue weighted by Gasteiger charge is 2.43. The van der Waals surface area contributed by atoms with Crippen molar-refractivity contribution < 1.29 is 41.3 Å². The number of carbonyl (C=O) groups is 1. The summed E-state index contributed by atoms with van der Waals surface area (Å²) in [5.41, 5.74) is 0.965. The summed E-state index contributed by atoms with van der Waals surface area (Å²) in [7, 11) is 4.25. The van der Waals surface area contributed by atoms with E-state index in [4.69, 9.17) is 30.2 Å². The SMILES string of the molecule is COC(=O)CCCc1cnc(CC2OC(c3cccc(OC)c3OC)c3cc(Cl)ccc3-n3c2nnc3C(F)(F)F)o1. The van der Waals surface area contributed by atoms with Crippen molar-refractivity contribution >= 4 is 17.6 Å². The van der Waals surface area contributed by atoms with Crippen molar-refractivity contribution in [1.82, 2.24) is 19.7 Å². The van der Waals surface area contributed by atoms with Crippen LogP contribution in [0.1, 0.15) is 59.5 Å². The molecule has 3 heterocycles. The largest absolute Gasteiger partial charge is 0.493 e. The molecular weight excluding hydrogens is 581 g/mol. The van der Waals surface area contributed by atoms with Gasteiger partial charge >= 0.3 is 12.1 Å². The molecule has 2 aromatic heterocycles. The Morgan fingerprint density at radius 1 is 1.10 bits per heavy atom. The van der Waals surface area contributed by atoms with Crippen molar-refractivity contribution in [1.29, 1.82) is 0 Å². The lowest BCUT2D eigenvalue weighted by atomic mass is 9.98. The molecule has 42 heavy (non-hydrogen) atoms. The number of para-hydroxylation sites is 1. The van der Waals surface area contributed by atoms with Crippen molar-refractivity contribution in [3.63, 3.8) is 0 Å². The molecule has 5 rings (SSSR count). The van der Waals surface area contributed by atoms with Crippen molar-refractivity contribution in [3.05, 3.63) is 82.0 Å². The number of benzene rings is 2. The van der Waals surface area contributed by atoms with Gasteiger partial charge in [0.2, 0.25) is 5.82 Å². The van der Waals surface area contributed by atoms with Crippen LogP contribution in [0.3, 0.4) is 0 Å². The number of alkyl halides is 3. The second kappa shape index (κ2) is 12.0. The van der Waals surface area contributed by atoms with Gasteiger partial charge in [-0.2, -0.15) is 13.2 Å². The molecule has 2 aromatic carbocycles. The smallest absolute Gasteiger partial charge is 0.452 e. The van der Waals surface area contributed by atoms with Crippen LogP contribution in [-0.4, -0.2) is 47.0 Å². The minimum absolute atomic E-state index is 0.0719. The van der Waals surface area contributed by atoms with E-state index in [1.165, 1.54) is 45.7 Å². The molecule has 2 unspecified atom stereocenters. The minimum atomic E-state index is -4.82. The fourth-order valence-electron chi connectivity index (χ4n) is 4.89. The van der Waals surface area contributed by atoms with E-state index in [-0.39, 0.29) is 41.2 Å². The lowest BCUT2D eigenvalue weighted by molar-refractivity contribution is -0.146. The molecule has 4 aromatic rings. The van der Waals surface area contributed by atoms with E-state index < -0.39 is 24.2 Å². The van der Waals surface area contributed by atoms with Gasteiger partial charge in [-0.1, -0.05) is 23.7 Å². The number of fused-ring (bicyclic) bond motifs is 3. The minimum Gasteiger partial charge on any atom is -0.493 e. The van der Waals surface area contributed by atoms with Gasteiger partial charge < -0.3 is 23.4 Å². The zero-order valence-corrected chi connectivity index (χ0v) is 23.5. The maximum Gasteiger partial charge on any atom is 0.452 e. The normalized spacial score (nSPS) is 16.4. The number of nitrogens with zero attached hydrogens (tertiary/aromatic N) is 4. The van der Waals surface area contributed by atoms with E-state index in [0.29, 0.717) is 41.2 Å². The van der Waals surface area contributed by atoms with Crippen molar-refractivity contribution in [2.45, 2.75) is 44.1 Å². The molecule has 0 N–H and O–H groups in total. The molecule has 10 nitrogen and oxygen atoms in total. The number of hydrogen-bond acceptors (Lipinski definition) is 9. The van der Waals surface area contributed by atoms with Gasteiger partial charge in [-0.25, -0.2) is 4.98 Å². The Morgan fingerprint density at radius 3 is 2.62 bits per heavy atom. The number of esters is 1. The zero-order chi connectivity index (χ0) is 30.0. The third kappa shape index (κ3) is 5.79. The van der Waals surface area contributed by atoms with Crippen LogP contribution in [0.25, 0.3) is 5.69 Å². The third-order valence-corrected chi connectivity index (χ3v) is 6.99. The fourth-order valence-corrected chi connectivity index (χ4v) is 5.07. The van der Waals surface area contributed by atoms with Gasteiger partial charge in [-0.05, 0) is 30.7 Å². The molecule has 0 amide bonds. The van der Waals surface area contributed by atoms with Crippen LogP contribution in [0.15, 0.2) is 47.0 Å². The van der Waals surface area contributed by atoms with E-state index in [9.17, 15) is 18.0 Å². The molecular formula is C28H26ClF3N4O6. The predicted molar refractivity (Wildman–Crippen MR) is 142 cm³/mol. The first-order chi connectivity index (χ1) is 20.1. The Labute approximate surface area is 243 Å². The molecule has 0 radical (unpaired) electrons. The first kappa shape index (κ1) is 29.4. The quantitative estimate of drug-likeness (QED) is 0.217. The number of ether oxygens (including phenoxy) is 4. The summed E-state index contributed by atoms with van der Waals surface area (Å²) in [6.45, 7) is 0. The van der Waals surface area contributed by atoms with Crippen LogP contribution in [0, 0.1) is 0 Å². The van der Waals surface area contributed by atoms with Crippen LogP contribution in [0.5, 0.6) is 11.5 Å². The van der Waals surface area contributed by atoms with E-state index in [1.807, 2.05) is 0 Å². The number of aryl methyl sites for hydroxylation is 1. The number of rotatable bonds is 9. The summed E-state index contributed by atoms with van der Waals surface area (Å²) in [6, 6.07) is 9.64. The third-order valence-electron chi connectivity index (χ3n) is 6.75. The first-order valence-electron chi connectivity index (χ1n) is 12.8. The van der Waals surface area contributed by atoms with Gasteiger partial charge in [-0.3, -0.25) is 9.36 Å². The molecule has 0 fully saturated rings. The lowest BCUT2D eigenvalue weighted by Crippen LogP contribution is -2.17. The highest BCUT2D eigenvalue weighted by atomic mass is 35.5. The highest BCUT2D eigenvalue weighted by molar-refractivity contribution is 6.30. The first-order valence-corrected chi connectivity index (χ1v) is 13.2. The Balaban J connectivity index is 1.61. The average Bonchev–Trinajstić information content (AvgIpc) is 3.59. The Kier molecular flexibility index (Phi) is 8.41. The standard InChI is InChI=1S/C28H26ClF3N4O6/c1-38-20-8-5-7-17(25(20)40-3)24-18-12-15(29)10-11-19(18)36-26(34-35-27(36)28(30,31)32)21(42-24)13-22-33-14-16(41-22)6-4-9-23(37)39-2/h5,7-8,10-12,14,21,24H,4,6,9,13H2,1-3H3. The Hall–Kier alpha value is -4.10. The van der Waals surface area contributed by atoms with Crippen LogP contribution >= 0.6 is 11.6 Å². The van der Waals surface area contributed by atoms with Crippen LogP contribution in [0.2, 0.25) is 5.02 Å². The van der Waals surface area contributed by atoms with Gasteiger partial charge in [0.15, 0.2) is 23.2 Å². The van der Waals surface area contributed by atoms with Crippen LogP contribution in [0.4, 0.5) is 13.2 Å². The van der Waals surface area contributed by atoms with Crippen molar-refractivity contribution in [3.8, 4) is 17.2 Å². The topological polar surface area (TPSA) is 111 Å². The highest BCUT2D eigenvalue weighted by Crippen LogP contribution is 2.47. The molecule has 2 atom stereocenters. The average molecular weight is 607 g/mol. The lowest BCUT2D eigenvalue weighted by Gasteiger charge is -2.24. The maximum atomic E-state index is 14.2.